The van der Waals surface area contributed by atoms with Crippen LogP contribution in [0.5, 0.6) is 0 Å². The Morgan fingerprint density at radius 1 is 0.500 bits per heavy atom. The van der Waals surface area contributed by atoms with Gasteiger partial charge < -0.3 is 0 Å². The van der Waals surface area contributed by atoms with Gasteiger partial charge in [-0.1, -0.05) is 89.9 Å². The molecule has 0 saturated heterocycles. The van der Waals surface area contributed by atoms with E-state index in [-0.39, 0.29) is 0 Å². The van der Waals surface area contributed by atoms with Crippen molar-refractivity contribution < 1.29 is 0 Å². The maximum absolute atomic E-state index is 6.89. The van der Waals surface area contributed by atoms with E-state index in [2.05, 4.69) is 0 Å². The maximum atomic E-state index is 6.89. The van der Waals surface area contributed by atoms with Crippen molar-refractivity contribution in [1.29, 1.82) is 0 Å². The standard InChI is InChI=1S/C16H30BCl/c18-17(15-11-7-3-1-4-8-12-15)16-13-9-5-2-6-10-14-16/h15-16H,1-14H2. The molecule has 2 fully saturated rings. The lowest BCUT2D eigenvalue weighted by Gasteiger charge is -2.29. The topological polar surface area (TPSA) is 0 Å². The Labute approximate surface area is 119 Å². The van der Waals surface area contributed by atoms with Gasteiger partial charge in [0.25, 0.3) is 6.13 Å². The van der Waals surface area contributed by atoms with Crippen LogP contribution < -0.4 is 0 Å². The maximum Gasteiger partial charge on any atom is 0.256 e. The fraction of sp³-hybridized carbons (Fsp3) is 1.00. The molecule has 0 aromatic heterocycles. The molecule has 0 radical (unpaired) electrons. The number of rotatable bonds is 2. The van der Waals surface area contributed by atoms with Crippen LogP contribution in [0.2, 0.25) is 11.6 Å². The van der Waals surface area contributed by atoms with Gasteiger partial charge in [0.05, 0.1) is 0 Å². The average molecular weight is 269 g/mol. The highest BCUT2D eigenvalue weighted by molar-refractivity contribution is 7.08. The highest BCUT2D eigenvalue weighted by Gasteiger charge is 2.31. The third-order valence-electron chi connectivity index (χ3n) is 5.20. The number of halogens is 1. The van der Waals surface area contributed by atoms with E-state index in [4.69, 9.17) is 11.5 Å². The molecule has 2 aliphatic carbocycles. The largest absolute Gasteiger partial charge is 0.256 e. The second-order valence-corrected chi connectivity index (χ2v) is 7.16. The summed E-state index contributed by atoms with van der Waals surface area (Å²) in [5.74, 6) is 1.66. The molecule has 0 aromatic rings. The Morgan fingerprint density at radius 3 is 1.11 bits per heavy atom. The van der Waals surface area contributed by atoms with Gasteiger partial charge >= 0.3 is 0 Å². The van der Waals surface area contributed by atoms with Crippen molar-refractivity contribution >= 4 is 17.6 Å². The Hall–Kier alpha value is 0.355. The van der Waals surface area contributed by atoms with Gasteiger partial charge in [0, 0.05) is 0 Å². The van der Waals surface area contributed by atoms with Gasteiger partial charge in [0.1, 0.15) is 0 Å². The zero-order chi connectivity index (χ0) is 12.6. The molecule has 0 N–H and O–H groups in total. The Balaban J connectivity index is 1.83. The number of hydrogen-bond acceptors (Lipinski definition) is 0. The van der Waals surface area contributed by atoms with Gasteiger partial charge in [-0.2, -0.15) is 11.5 Å². The van der Waals surface area contributed by atoms with Gasteiger partial charge in [-0.25, -0.2) is 0 Å². The van der Waals surface area contributed by atoms with Crippen molar-refractivity contribution in [3.63, 3.8) is 0 Å². The molecule has 18 heavy (non-hydrogen) atoms. The lowest BCUT2D eigenvalue weighted by molar-refractivity contribution is 0.475. The van der Waals surface area contributed by atoms with E-state index in [0.29, 0.717) is 6.13 Å². The van der Waals surface area contributed by atoms with Crippen molar-refractivity contribution in [3.05, 3.63) is 0 Å². The zero-order valence-electron chi connectivity index (χ0n) is 12.0. The predicted octanol–water partition coefficient (Wildman–Crippen LogP) is 6.45. The Kier molecular flexibility index (Phi) is 6.98. The van der Waals surface area contributed by atoms with Crippen molar-refractivity contribution in [3.8, 4) is 0 Å². The molecule has 0 aromatic carbocycles. The van der Waals surface area contributed by atoms with Crippen molar-refractivity contribution in [1.82, 2.24) is 0 Å². The molecular formula is C16H30BCl. The Bertz CT molecular complexity index is 181. The summed E-state index contributed by atoms with van der Waals surface area (Å²) in [7, 11) is 0. The van der Waals surface area contributed by atoms with Gasteiger partial charge in [0.2, 0.25) is 0 Å². The smallest absolute Gasteiger partial charge is 0.195 e. The van der Waals surface area contributed by atoms with E-state index in [1.165, 1.54) is 89.9 Å². The second kappa shape index (κ2) is 8.51. The zero-order valence-corrected chi connectivity index (χ0v) is 12.8. The van der Waals surface area contributed by atoms with Crippen molar-refractivity contribution in [2.75, 3.05) is 0 Å². The van der Waals surface area contributed by atoms with E-state index in [1.54, 1.807) is 0 Å². The first-order chi connectivity index (χ1) is 8.88. The van der Waals surface area contributed by atoms with Crippen LogP contribution in [-0.4, -0.2) is 6.13 Å². The third-order valence-corrected chi connectivity index (χ3v) is 5.91. The minimum atomic E-state index is 0.487. The molecule has 0 amide bonds. The van der Waals surface area contributed by atoms with E-state index in [9.17, 15) is 0 Å². The van der Waals surface area contributed by atoms with Crippen LogP contribution in [0, 0.1) is 0 Å². The molecule has 0 spiro atoms. The summed E-state index contributed by atoms with van der Waals surface area (Å²) in [4.78, 5) is 0. The molecule has 0 unspecified atom stereocenters. The molecule has 2 saturated carbocycles. The van der Waals surface area contributed by atoms with Gasteiger partial charge in [0.15, 0.2) is 0 Å². The van der Waals surface area contributed by atoms with Crippen LogP contribution in [-0.2, 0) is 0 Å². The highest BCUT2D eigenvalue weighted by Crippen LogP contribution is 2.40. The fourth-order valence-corrected chi connectivity index (χ4v) is 4.50. The Morgan fingerprint density at radius 2 is 0.778 bits per heavy atom. The lowest BCUT2D eigenvalue weighted by Crippen LogP contribution is -2.23. The number of hydrogen-bond donors (Lipinski definition) is 0. The minimum absolute atomic E-state index is 0.487. The first-order valence-corrected chi connectivity index (χ1v) is 8.95. The van der Waals surface area contributed by atoms with Gasteiger partial charge in [-0.15, -0.1) is 0 Å². The summed E-state index contributed by atoms with van der Waals surface area (Å²) in [6.45, 7) is 0. The molecule has 0 atom stereocenters. The summed E-state index contributed by atoms with van der Waals surface area (Å²) in [5.41, 5.74) is 0. The molecule has 104 valence electrons. The first kappa shape index (κ1) is 14.8. The molecular weight excluding hydrogens is 238 g/mol. The van der Waals surface area contributed by atoms with Crippen LogP contribution in [0.3, 0.4) is 0 Å². The van der Waals surface area contributed by atoms with Crippen LogP contribution in [0.1, 0.15) is 89.9 Å². The average Bonchev–Trinajstić information content (AvgIpc) is 2.27. The van der Waals surface area contributed by atoms with Crippen LogP contribution in [0.15, 0.2) is 0 Å². The molecule has 0 aliphatic heterocycles. The quantitative estimate of drug-likeness (QED) is 0.505. The summed E-state index contributed by atoms with van der Waals surface area (Å²) in [6, 6.07) is 0. The van der Waals surface area contributed by atoms with E-state index in [1.807, 2.05) is 0 Å². The predicted molar refractivity (Wildman–Crippen MR) is 83.7 cm³/mol. The van der Waals surface area contributed by atoms with E-state index < -0.39 is 0 Å². The molecule has 2 rings (SSSR count). The molecule has 0 nitrogen and oxygen atoms in total. The molecule has 0 heterocycles. The summed E-state index contributed by atoms with van der Waals surface area (Å²) >= 11 is 6.89. The summed E-state index contributed by atoms with van der Waals surface area (Å²) in [6.07, 6.45) is 20.6. The SMILES string of the molecule is ClB(C1CCCCCCC1)C1CCCCCCC1. The lowest BCUT2D eigenvalue weighted by atomic mass is 9.48. The minimum Gasteiger partial charge on any atom is -0.195 e. The molecule has 2 aliphatic rings. The molecule has 0 bridgehead atoms. The van der Waals surface area contributed by atoms with E-state index in [0.717, 1.165) is 11.6 Å². The first-order valence-electron chi connectivity index (χ1n) is 8.52. The van der Waals surface area contributed by atoms with Crippen LogP contribution >= 0.6 is 11.5 Å². The molecule has 2 heteroatoms. The summed E-state index contributed by atoms with van der Waals surface area (Å²) < 4.78 is 0. The van der Waals surface area contributed by atoms with Crippen LogP contribution in [0.4, 0.5) is 0 Å². The normalized spacial score (nSPS) is 25.8. The van der Waals surface area contributed by atoms with E-state index >= 15 is 0 Å². The van der Waals surface area contributed by atoms with Crippen LogP contribution in [0.25, 0.3) is 0 Å². The summed E-state index contributed by atoms with van der Waals surface area (Å²) in [5, 5.41) is 0. The van der Waals surface area contributed by atoms with Crippen molar-refractivity contribution in [2.24, 2.45) is 0 Å². The van der Waals surface area contributed by atoms with Gasteiger partial charge in [-0.3, -0.25) is 0 Å². The second-order valence-electron chi connectivity index (χ2n) is 6.65. The van der Waals surface area contributed by atoms with Gasteiger partial charge in [-0.05, 0) is 11.6 Å². The monoisotopic (exact) mass is 268 g/mol. The third kappa shape index (κ3) is 4.80. The van der Waals surface area contributed by atoms with Crippen molar-refractivity contribution in [2.45, 2.75) is 102 Å². The highest BCUT2D eigenvalue weighted by atomic mass is 35.5. The fourth-order valence-electron chi connectivity index (χ4n) is 4.00.